The molecule has 218 valence electrons. The van der Waals surface area contributed by atoms with Crippen molar-refractivity contribution < 1.29 is 23.9 Å². The molecule has 2 unspecified atom stereocenters. The number of amides is 1. The van der Waals surface area contributed by atoms with Crippen molar-refractivity contribution in [1.82, 2.24) is 9.88 Å². The molecular weight excluding hydrogens is 538 g/mol. The lowest BCUT2D eigenvalue weighted by molar-refractivity contribution is -0.123. The summed E-state index contributed by atoms with van der Waals surface area (Å²) >= 11 is 1.42. The van der Waals surface area contributed by atoms with Crippen molar-refractivity contribution in [2.45, 2.75) is 73.0 Å². The lowest BCUT2D eigenvalue weighted by Crippen LogP contribution is -2.34. The number of hydrogen-bond acceptors (Lipinski definition) is 8. The molecule has 1 N–H and O–H groups in total. The molecule has 3 aromatic rings. The topological polar surface area (TPSA) is 97.8 Å². The van der Waals surface area contributed by atoms with E-state index in [9.17, 15) is 14.4 Å². The smallest absolute Gasteiger partial charge is 0.341 e. The van der Waals surface area contributed by atoms with Gasteiger partial charge in [0.25, 0.3) is 5.91 Å². The normalized spacial score (nSPS) is 17.9. The number of hydrogen-bond donors (Lipinski definition) is 1. The summed E-state index contributed by atoms with van der Waals surface area (Å²) < 4.78 is 10.9. The van der Waals surface area contributed by atoms with E-state index in [2.05, 4.69) is 37.9 Å². The molecule has 1 aliphatic heterocycles. The van der Waals surface area contributed by atoms with Crippen LogP contribution < -0.4 is 5.32 Å². The summed E-state index contributed by atoms with van der Waals surface area (Å²) in [6.07, 6.45) is 2.25. The van der Waals surface area contributed by atoms with E-state index >= 15 is 0 Å². The third kappa shape index (κ3) is 5.75. The van der Waals surface area contributed by atoms with Crippen molar-refractivity contribution >= 4 is 45.1 Å². The van der Waals surface area contributed by atoms with Gasteiger partial charge in [-0.1, -0.05) is 45.9 Å². The quantitative estimate of drug-likeness (QED) is 0.370. The molecule has 0 spiro atoms. The monoisotopic (exact) mass is 577 g/mol. The molecule has 2 aromatic heterocycles. The average Bonchev–Trinajstić information content (AvgIpc) is 3.31. The summed E-state index contributed by atoms with van der Waals surface area (Å²) in [5.41, 5.74) is 4.49. The van der Waals surface area contributed by atoms with Crippen LogP contribution in [0.3, 0.4) is 0 Å². The van der Waals surface area contributed by atoms with Crippen LogP contribution >= 0.6 is 11.3 Å². The van der Waals surface area contributed by atoms with Crippen molar-refractivity contribution in [3.63, 3.8) is 0 Å². The molecule has 0 saturated carbocycles. The van der Waals surface area contributed by atoms with E-state index in [4.69, 9.17) is 14.5 Å². The average molecular weight is 578 g/mol. The van der Waals surface area contributed by atoms with Crippen LogP contribution in [-0.2, 0) is 40.1 Å². The van der Waals surface area contributed by atoms with Crippen LogP contribution in [0.1, 0.15) is 83.5 Å². The maximum absolute atomic E-state index is 13.7. The highest BCUT2D eigenvalue weighted by Gasteiger charge is 2.35. The van der Waals surface area contributed by atoms with Crippen molar-refractivity contribution in [2.75, 3.05) is 25.5 Å². The molecule has 5 rings (SSSR count). The first-order valence-electron chi connectivity index (χ1n) is 14.4. The fourth-order valence-corrected chi connectivity index (χ4v) is 7.29. The maximum Gasteiger partial charge on any atom is 0.341 e. The van der Waals surface area contributed by atoms with Crippen LogP contribution in [0.5, 0.6) is 0 Å². The zero-order chi connectivity index (χ0) is 29.5. The number of benzene rings is 1. The van der Waals surface area contributed by atoms with E-state index in [1.54, 1.807) is 6.92 Å². The molecule has 9 heteroatoms. The Morgan fingerprint density at radius 2 is 1.88 bits per heavy atom. The number of fused-ring (bicyclic) bond motifs is 3. The summed E-state index contributed by atoms with van der Waals surface area (Å²) in [7, 11) is 1.35. The number of nitrogens with zero attached hydrogens (tertiary/aromatic N) is 2. The predicted molar refractivity (Wildman–Crippen MR) is 161 cm³/mol. The van der Waals surface area contributed by atoms with Gasteiger partial charge in [-0.3, -0.25) is 14.7 Å². The van der Waals surface area contributed by atoms with Gasteiger partial charge in [0.2, 0.25) is 0 Å². The SMILES string of the molecule is CCN1CCc2nc3ccccc3c(C(=O)OC(C)C(=O)Nc3sc4c(c3C(=O)OC)CCC(C(C)(C)C)C4)c2C1. The van der Waals surface area contributed by atoms with Crippen molar-refractivity contribution in [3.05, 3.63) is 57.1 Å². The van der Waals surface area contributed by atoms with E-state index in [0.717, 1.165) is 66.0 Å². The van der Waals surface area contributed by atoms with Crippen LogP contribution in [0.25, 0.3) is 10.9 Å². The Kier molecular flexibility index (Phi) is 8.21. The number of ether oxygens (including phenoxy) is 2. The van der Waals surface area contributed by atoms with Gasteiger partial charge in [-0.15, -0.1) is 11.3 Å². The second-order valence-electron chi connectivity index (χ2n) is 12.1. The summed E-state index contributed by atoms with van der Waals surface area (Å²) in [5, 5.41) is 4.06. The minimum Gasteiger partial charge on any atom is -0.465 e. The Hall–Kier alpha value is -3.30. The van der Waals surface area contributed by atoms with Crippen LogP contribution in [-0.4, -0.2) is 54.0 Å². The fourth-order valence-electron chi connectivity index (χ4n) is 5.97. The summed E-state index contributed by atoms with van der Waals surface area (Å²) in [4.78, 5) is 48.1. The lowest BCUT2D eigenvalue weighted by atomic mass is 9.72. The lowest BCUT2D eigenvalue weighted by Gasteiger charge is -2.33. The number of carbonyl (C=O) groups excluding carboxylic acids is 3. The van der Waals surface area contributed by atoms with Gasteiger partial charge in [0.1, 0.15) is 5.00 Å². The van der Waals surface area contributed by atoms with Gasteiger partial charge in [-0.2, -0.15) is 0 Å². The Morgan fingerprint density at radius 1 is 1.12 bits per heavy atom. The number of pyridine rings is 1. The first-order chi connectivity index (χ1) is 19.5. The van der Waals surface area contributed by atoms with Gasteiger partial charge < -0.3 is 14.8 Å². The molecule has 2 atom stereocenters. The number of esters is 2. The minimum absolute atomic E-state index is 0.143. The van der Waals surface area contributed by atoms with Crippen LogP contribution in [0.15, 0.2) is 24.3 Å². The van der Waals surface area contributed by atoms with E-state index in [1.807, 2.05) is 24.3 Å². The zero-order valence-electron chi connectivity index (χ0n) is 24.8. The molecule has 0 radical (unpaired) electrons. The predicted octanol–water partition coefficient (Wildman–Crippen LogP) is 5.80. The zero-order valence-corrected chi connectivity index (χ0v) is 25.6. The van der Waals surface area contributed by atoms with Crippen LogP contribution in [0, 0.1) is 11.3 Å². The molecule has 2 aliphatic rings. The van der Waals surface area contributed by atoms with Crippen molar-refractivity contribution in [3.8, 4) is 0 Å². The largest absolute Gasteiger partial charge is 0.465 e. The number of methoxy groups -OCH3 is 1. The molecule has 0 saturated heterocycles. The van der Waals surface area contributed by atoms with Gasteiger partial charge in [-0.25, -0.2) is 9.59 Å². The standard InChI is InChI=1S/C32H39N3O5S/c1-7-35-15-14-24-22(17-35)26(20-10-8-9-11-23(20)33-24)31(38)40-18(2)28(36)34-29-27(30(37)39-6)21-13-12-19(32(3,4)5)16-25(21)41-29/h8-11,18-19H,7,12-17H2,1-6H3,(H,34,36). The molecule has 0 fully saturated rings. The van der Waals surface area contributed by atoms with E-state index in [0.29, 0.717) is 34.0 Å². The molecule has 3 heterocycles. The molecule has 1 aromatic carbocycles. The minimum atomic E-state index is -1.08. The van der Waals surface area contributed by atoms with Gasteiger partial charge in [0, 0.05) is 41.0 Å². The molecule has 41 heavy (non-hydrogen) atoms. The number of rotatable bonds is 6. The number of para-hydroxylation sites is 1. The van der Waals surface area contributed by atoms with Gasteiger partial charge in [-0.05, 0) is 55.7 Å². The summed E-state index contributed by atoms with van der Waals surface area (Å²) in [5.74, 6) is -1.02. The fraction of sp³-hybridized carbons (Fsp3) is 0.500. The second-order valence-corrected chi connectivity index (χ2v) is 13.2. The number of likely N-dealkylation sites (N-methyl/N-ethyl adjacent to an activating group) is 1. The molecule has 1 aliphatic carbocycles. The van der Waals surface area contributed by atoms with Gasteiger partial charge in [0.05, 0.1) is 23.8 Å². The Labute approximate surface area is 245 Å². The number of nitrogens with one attached hydrogen (secondary N) is 1. The highest BCUT2D eigenvalue weighted by atomic mass is 32.1. The third-order valence-corrected chi connectivity index (χ3v) is 9.72. The van der Waals surface area contributed by atoms with Crippen LogP contribution in [0.4, 0.5) is 5.00 Å². The first-order valence-corrected chi connectivity index (χ1v) is 15.2. The van der Waals surface area contributed by atoms with Gasteiger partial charge in [0.15, 0.2) is 6.10 Å². The second kappa shape index (κ2) is 11.5. The van der Waals surface area contributed by atoms with E-state index < -0.39 is 23.9 Å². The Balaban J connectivity index is 1.40. The number of anilines is 1. The highest BCUT2D eigenvalue weighted by Crippen LogP contribution is 2.44. The Morgan fingerprint density at radius 3 is 2.59 bits per heavy atom. The van der Waals surface area contributed by atoms with E-state index in [1.165, 1.54) is 18.4 Å². The maximum atomic E-state index is 13.7. The molecule has 1 amide bonds. The third-order valence-electron chi connectivity index (χ3n) is 8.55. The molecular formula is C32H39N3O5S. The summed E-state index contributed by atoms with van der Waals surface area (Å²) in [6.45, 7) is 12.7. The summed E-state index contributed by atoms with van der Waals surface area (Å²) in [6, 6.07) is 7.54. The van der Waals surface area contributed by atoms with Crippen molar-refractivity contribution in [2.24, 2.45) is 11.3 Å². The number of thiophene rings is 1. The van der Waals surface area contributed by atoms with E-state index in [-0.39, 0.29) is 5.41 Å². The highest BCUT2D eigenvalue weighted by molar-refractivity contribution is 7.17. The van der Waals surface area contributed by atoms with Crippen molar-refractivity contribution in [1.29, 1.82) is 0 Å². The van der Waals surface area contributed by atoms with Crippen LogP contribution in [0.2, 0.25) is 0 Å². The number of aromatic nitrogens is 1. The molecule has 0 bridgehead atoms. The first kappa shape index (κ1) is 29.2. The van der Waals surface area contributed by atoms with Gasteiger partial charge >= 0.3 is 11.9 Å². The number of carbonyl (C=O) groups is 3. The molecule has 8 nitrogen and oxygen atoms in total. The Bertz CT molecular complexity index is 1510.